The summed E-state index contributed by atoms with van der Waals surface area (Å²) in [7, 11) is 0. The molecule has 12 heavy (non-hydrogen) atoms. The third-order valence-electron chi connectivity index (χ3n) is 1.14. The number of rotatable bonds is 1. The number of pyridine rings is 1. The summed E-state index contributed by atoms with van der Waals surface area (Å²) in [5.41, 5.74) is 4.96. The number of hydrogen-bond acceptors (Lipinski definition) is 4. The van der Waals surface area contributed by atoms with Gasteiger partial charge in [-0.15, -0.1) is 0 Å². The average molecular weight is 252 g/mol. The average Bonchev–Trinajstić information content (AvgIpc) is 1.96. The molecule has 0 aromatic carbocycles. The molecule has 0 aliphatic heterocycles. The second-order valence-electron chi connectivity index (χ2n) is 1.92. The van der Waals surface area contributed by atoms with Crippen molar-refractivity contribution in [3.8, 4) is 0 Å². The predicted molar refractivity (Wildman–Crippen MR) is 48.0 cm³/mol. The second-order valence-corrected chi connectivity index (χ2v) is 3.08. The van der Waals surface area contributed by atoms with Crippen molar-refractivity contribution < 1.29 is 4.92 Å². The van der Waals surface area contributed by atoms with E-state index in [2.05, 4.69) is 20.9 Å². The van der Waals surface area contributed by atoms with E-state index in [1.807, 2.05) is 0 Å². The highest BCUT2D eigenvalue weighted by molar-refractivity contribution is 9.10. The Hall–Kier alpha value is -0.880. The molecule has 1 aromatic heterocycles. The maximum atomic E-state index is 10.3. The molecule has 0 amide bonds. The van der Waals surface area contributed by atoms with E-state index >= 15 is 0 Å². The number of nitrogens with two attached hydrogens (primary N) is 1. The fraction of sp³-hybridized carbons (Fsp3) is 0. The summed E-state index contributed by atoms with van der Waals surface area (Å²) in [4.78, 5) is 13.3. The zero-order chi connectivity index (χ0) is 9.30. The van der Waals surface area contributed by atoms with Gasteiger partial charge in [-0.05, 0) is 15.9 Å². The Balaban J connectivity index is 3.33. The van der Waals surface area contributed by atoms with Crippen molar-refractivity contribution >= 4 is 39.0 Å². The van der Waals surface area contributed by atoms with Crippen LogP contribution < -0.4 is 5.73 Å². The molecule has 0 saturated heterocycles. The van der Waals surface area contributed by atoms with E-state index in [9.17, 15) is 10.1 Å². The van der Waals surface area contributed by atoms with Crippen LogP contribution in [0.4, 0.5) is 11.5 Å². The molecule has 7 heteroatoms. The first-order chi connectivity index (χ1) is 5.52. The molecule has 0 spiro atoms. The Bertz CT molecular complexity index is 344. The fourth-order valence-electron chi connectivity index (χ4n) is 0.616. The molecule has 1 aromatic rings. The number of halogens is 2. The fourth-order valence-corrected chi connectivity index (χ4v) is 1.07. The number of nitrogens with zero attached hydrogens (tertiary/aromatic N) is 2. The highest BCUT2D eigenvalue weighted by atomic mass is 79.9. The van der Waals surface area contributed by atoms with Gasteiger partial charge in [-0.2, -0.15) is 0 Å². The lowest BCUT2D eigenvalue weighted by Crippen LogP contribution is -1.98. The first kappa shape index (κ1) is 9.21. The van der Waals surface area contributed by atoms with Crippen LogP contribution in [0.15, 0.2) is 10.7 Å². The normalized spacial score (nSPS) is 9.83. The molecule has 0 fully saturated rings. The van der Waals surface area contributed by atoms with Crippen LogP contribution in [0.3, 0.4) is 0 Å². The van der Waals surface area contributed by atoms with Crippen LogP contribution >= 0.6 is 27.5 Å². The van der Waals surface area contributed by atoms with Gasteiger partial charge in [0, 0.05) is 6.07 Å². The van der Waals surface area contributed by atoms with Crippen molar-refractivity contribution in [3.63, 3.8) is 0 Å². The number of anilines is 1. The van der Waals surface area contributed by atoms with E-state index < -0.39 is 4.92 Å². The Labute approximate surface area is 80.8 Å². The van der Waals surface area contributed by atoms with Gasteiger partial charge in [-0.3, -0.25) is 10.1 Å². The van der Waals surface area contributed by atoms with Crippen LogP contribution in [0.25, 0.3) is 0 Å². The largest absolute Gasteiger partial charge is 0.378 e. The van der Waals surface area contributed by atoms with Crippen molar-refractivity contribution in [2.24, 2.45) is 0 Å². The molecule has 1 rings (SSSR count). The van der Waals surface area contributed by atoms with Crippen molar-refractivity contribution in [1.29, 1.82) is 0 Å². The predicted octanol–water partition coefficient (Wildman–Crippen LogP) is 1.99. The van der Waals surface area contributed by atoms with Gasteiger partial charge in [-0.25, -0.2) is 4.98 Å². The Morgan fingerprint density at radius 3 is 2.83 bits per heavy atom. The summed E-state index contributed by atoms with van der Waals surface area (Å²) in [6.07, 6.45) is 0. The van der Waals surface area contributed by atoms with Gasteiger partial charge in [0.1, 0.15) is 4.60 Å². The zero-order valence-corrected chi connectivity index (χ0v) is 7.96. The van der Waals surface area contributed by atoms with Crippen molar-refractivity contribution in [3.05, 3.63) is 25.8 Å². The van der Waals surface area contributed by atoms with E-state index in [-0.39, 0.29) is 16.5 Å². The minimum atomic E-state index is -0.638. The van der Waals surface area contributed by atoms with Crippen LogP contribution in [0.2, 0.25) is 5.02 Å². The third-order valence-corrected chi connectivity index (χ3v) is 2.26. The van der Waals surface area contributed by atoms with Gasteiger partial charge in [0.25, 0.3) is 0 Å². The lowest BCUT2D eigenvalue weighted by atomic mass is 10.4. The highest BCUT2D eigenvalue weighted by Gasteiger charge is 2.15. The highest BCUT2D eigenvalue weighted by Crippen LogP contribution is 2.28. The van der Waals surface area contributed by atoms with Crippen LogP contribution in [0.1, 0.15) is 0 Å². The molecule has 0 atom stereocenters. The SMILES string of the molecule is Nc1nc(Br)c(Cl)cc1[N+](=O)[O-]. The number of aromatic nitrogens is 1. The Morgan fingerprint density at radius 2 is 2.33 bits per heavy atom. The Morgan fingerprint density at radius 1 is 1.75 bits per heavy atom. The monoisotopic (exact) mass is 251 g/mol. The number of nitro groups is 1. The topological polar surface area (TPSA) is 82.0 Å². The van der Waals surface area contributed by atoms with Crippen LogP contribution in [0, 0.1) is 10.1 Å². The van der Waals surface area contributed by atoms with Gasteiger partial charge in [0.2, 0.25) is 5.82 Å². The lowest BCUT2D eigenvalue weighted by molar-refractivity contribution is -0.384. The molecule has 0 bridgehead atoms. The molecule has 5 nitrogen and oxygen atoms in total. The number of nitrogen functional groups attached to an aromatic ring is 1. The molecule has 0 aliphatic rings. The van der Waals surface area contributed by atoms with Crippen molar-refractivity contribution in [1.82, 2.24) is 4.98 Å². The van der Waals surface area contributed by atoms with Crippen molar-refractivity contribution in [2.75, 3.05) is 5.73 Å². The van der Waals surface area contributed by atoms with Crippen molar-refractivity contribution in [2.45, 2.75) is 0 Å². The summed E-state index contributed by atoms with van der Waals surface area (Å²) in [5, 5.41) is 10.5. The third kappa shape index (κ3) is 1.64. The van der Waals surface area contributed by atoms with Gasteiger partial charge in [-0.1, -0.05) is 11.6 Å². The van der Waals surface area contributed by atoms with Gasteiger partial charge < -0.3 is 5.73 Å². The minimum absolute atomic E-state index is 0.156. The summed E-state index contributed by atoms with van der Waals surface area (Å²) < 4.78 is 0.298. The van der Waals surface area contributed by atoms with Gasteiger partial charge in [0.15, 0.2) is 0 Å². The maximum Gasteiger partial charge on any atom is 0.312 e. The summed E-state index contributed by atoms with van der Waals surface area (Å²) >= 11 is 8.54. The zero-order valence-electron chi connectivity index (χ0n) is 5.62. The van der Waals surface area contributed by atoms with E-state index in [0.29, 0.717) is 4.60 Å². The summed E-state index contributed by atoms with van der Waals surface area (Å²) in [5.74, 6) is -0.156. The molecule has 0 radical (unpaired) electrons. The van der Waals surface area contributed by atoms with E-state index in [1.165, 1.54) is 0 Å². The quantitative estimate of drug-likeness (QED) is 0.471. The van der Waals surface area contributed by atoms with Crippen LogP contribution in [0.5, 0.6) is 0 Å². The van der Waals surface area contributed by atoms with E-state index in [4.69, 9.17) is 17.3 Å². The summed E-state index contributed by atoms with van der Waals surface area (Å²) in [6.45, 7) is 0. The molecule has 2 N–H and O–H groups in total. The smallest absolute Gasteiger partial charge is 0.312 e. The molecular weight excluding hydrogens is 249 g/mol. The first-order valence-corrected chi connectivity index (χ1v) is 3.95. The van der Waals surface area contributed by atoms with E-state index in [1.54, 1.807) is 0 Å². The lowest BCUT2D eigenvalue weighted by Gasteiger charge is -1.98. The second kappa shape index (κ2) is 3.24. The van der Waals surface area contributed by atoms with Gasteiger partial charge in [0.05, 0.1) is 9.95 Å². The molecule has 0 aliphatic carbocycles. The first-order valence-electron chi connectivity index (χ1n) is 2.78. The Kier molecular flexibility index (Phi) is 2.49. The van der Waals surface area contributed by atoms with E-state index in [0.717, 1.165) is 6.07 Å². The molecule has 64 valence electrons. The maximum absolute atomic E-state index is 10.3. The number of hydrogen-bond donors (Lipinski definition) is 1. The van der Waals surface area contributed by atoms with Gasteiger partial charge >= 0.3 is 5.69 Å². The molecular formula is C5H3BrClN3O2. The molecule has 0 unspecified atom stereocenters. The summed E-state index contributed by atoms with van der Waals surface area (Å²) in [6, 6.07) is 1.15. The van der Waals surface area contributed by atoms with Crippen LogP contribution in [-0.2, 0) is 0 Å². The molecule has 0 saturated carbocycles. The van der Waals surface area contributed by atoms with Crippen LogP contribution in [-0.4, -0.2) is 9.91 Å². The standard InChI is InChI=1S/C5H3BrClN3O2/c6-4-2(7)1-3(10(11)12)5(8)9-4/h1H,(H2,8,9). The molecule has 1 heterocycles. The minimum Gasteiger partial charge on any atom is -0.378 e.